The number of thiophene rings is 1. The van der Waals surface area contributed by atoms with Crippen LogP contribution in [0.2, 0.25) is 0 Å². The van der Waals surface area contributed by atoms with E-state index in [-0.39, 0.29) is 47.2 Å². The van der Waals surface area contributed by atoms with Crippen LogP contribution in [0, 0.1) is 0 Å². The normalized spacial score (nSPS) is 11.7. The van der Waals surface area contributed by atoms with Gasteiger partial charge in [0.05, 0.1) is 20.2 Å². The number of halogens is 1. The number of fused-ring (bicyclic) bond motifs is 5. The van der Waals surface area contributed by atoms with Gasteiger partial charge in [0.2, 0.25) is 10.9 Å². The zero-order valence-electron chi connectivity index (χ0n) is 16.7. The second-order valence-electron chi connectivity index (χ2n) is 7.73. The van der Waals surface area contributed by atoms with Crippen molar-refractivity contribution in [3.8, 4) is 16.9 Å². The molecule has 6 aromatic rings. The van der Waals surface area contributed by atoms with E-state index in [9.17, 15) is 19.2 Å². The Morgan fingerprint density at radius 1 is 0.576 bits per heavy atom. The molecule has 0 bridgehead atoms. The van der Waals surface area contributed by atoms with Gasteiger partial charge < -0.3 is 3.07 Å². The largest absolute Gasteiger partial charge is 0.428 e. The fourth-order valence-corrected chi connectivity index (χ4v) is 5.88. The second-order valence-corrected chi connectivity index (χ2v) is 9.20. The van der Waals surface area contributed by atoms with Crippen LogP contribution in [-0.2, 0) is 0 Å². The predicted octanol–water partition coefficient (Wildman–Crippen LogP) is 5.07. The summed E-state index contributed by atoms with van der Waals surface area (Å²) in [6.07, 6.45) is 0. The number of hydrogen-bond acceptors (Lipinski definition) is 6. The van der Waals surface area contributed by atoms with Crippen LogP contribution >= 0.6 is 34.3 Å². The molecule has 33 heavy (non-hydrogen) atoms. The van der Waals surface area contributed by atoms with Crippen LogP contribution in [-0.4, -0.2) is 0 Å². The smallest absolute Gasteiger partial charge is 0.204 e. The SMILES string of the molecule is O=c1c2ccccc2c(=O)c2c1sc1c(=O)c3ccc(-c4ccc(OI)cc4)cc3c(=O)c12. The lowest BCUT2D eigenvalue weighted by Crippen LogP contribution is -2.15. The topological polar surface area (TPSA) is 77.5 Å². The minimum absolute atomic E-state index is 0.0474. The first kappa shape index (κ1) is 20.2. The third-order valence-corrected chi connectivity index (χ3v) is 7.67. The maximum Gasteiger partial charge on any atom is 0.204 e. The summed E-state index contributed by atoms with van der Waals surface area (Å²) in [4.78, 5) is 53.3. The molecule has 5 aromatic carbocycles. The molecule has 0 saturated heterocycles. The monoisotopic (exact) mass is 562 g/mol. The van der Waals surface area contributed by atoms with Gasteiger partial charge >= 0.3 is 0 Å². The van der Waals surface area contributed by atoms with Crippen LogP contribution in [0.3, 0.4) is 0 Å². The van der Waals surface area contributed by atoms with Gasteiger partial charge in [-0.25, -0.2) is 0 Å². The van der Waals surface area contributed by atoms with E-state index in [0.717, 1.165) is 22.5 Å². The quantitative estimate of drug-likeness (QED) is 0.276. The molecular weight excluding hydrogens is 551 g/mol. The molecule has 0 unspecified atom stereocenters. The molecule has 1 aromatic heterocycles. The van der Waals surface area contributed by atoms with E-state index in [2.05, 4.69) is 0 Å². The summed E-state index contributed by atoms with van der Waals surface area (Å²) in [5, 5.41) is 1.17. The Labute approximate surface area is 202 Å². The minimum atomic E-state index is -0.410. The number of benzene rings is 5. The van der Waals surface area contributed by atoms with Gasteiger partial charge in [0.15, 0.2) is 33.9 Å². The summed E-state index contributed by atoms with van der Waals surface area (Å²) in [5.41, 5.74) is 0.134. The molecule has 0 aliphatic rings. The van der Waals surface area contributed by atoms with Crippen LogP contribution in [0.25, 0.3) is 52.8 Å². The van der Waals surface area contributed by atoms with Crippen molar-refractivity contribution in [2.45, 2.75) is 0 Å². The van der Waals surface area contributed by atoms with Crippen LogP contribution in [0.1, 0.15) is 0 Å². The van der Waals surface area contributed by atoms with Crippen molar-refractivity contribution in [2.75, 3.05) is 0 Å². The summed E-state index contributed by atoms with van der Waals surface area (Å²) in [6.45, 7) is 0. The molecule has 0 aliphatic heterocycles. The first-order valence-electron chi connectivity index (χ1n) is 9.97. The fourth-order valence-electron chi connectivity index (χ4n) is 4.39. The van der Waals surface area contributed by atoms with Crippen LogP contribution in [0.5, 0.6) is 5.75 Å². The summed E-state index contributed by atoms with van der Waals surface area (Å²) in [6, 6.07) is 19.0. The summed E-state index contributed by atoms with van der Waals surface area (Å²) >= 11 is 2.74. The third-order valence-electron chi connectivity index (χ3n) is 5.98. The Morgan fingerprint density at radius 2 is 1.09 bits per heavy atom. The van der Waals surface area contributed by atoms with Crippen molar-refractivity contribution in [3.05, 3.63) is 108 Å². The van der Waals surface area contributed by atoms with E-state index in [1.165, 1.54) is 0 Å². The van der Waals surface area contributed by atoms with Crippen molar-refractivity contribution < 1.29 is 3.07 Å². The molecule has 0 atom stereocenters. The van der Waals surface area contributed by atoms with Crippen LogP contribution < -0.4 is 24.8 Å². The van der Waals surface area contributed by atoms with Crippen molar-refractivity contribution in [3.63, 3.8) is 0 Å². The van der Waals surface area contributed by atoms with Gasteiger partial charge in [-0.05, 0) is 35.4 Å². The maximum atomic E-state index is 13.6. The first-order chi connectivity index (χ1) is 16.0. The van der Waals surface area contributed by atoms with E-state index in [0.29, 0.717) is 11.1 Å². The molecule has 158 valence electrons. The molecule has 0 radical (unpaired) electrons. The van der Waals surface area contributed by atoms with E-state index >= 15 is 0 Å². The minimum Gasteiger partial charge on any atom is -0.428 e. The molecule has 0 spiro atoms. The Kier molecular flexibility index (Phi) is 4.46. The molecule has 5 nitrogen and oxygen atoms in total. The zero-order chi connectivity index (χ0) is 22.9. The lowest BCUT2D eigenvalue weighted by molar-refractivity contribution is 0.717. The second kappa shape index (κ2) is 7.29. The van der Waals surface area contributed by atoms with Crippen molar-refractivity contribution in [1.29, 1.82) is 0 Å². The third kappa shape index (κ3) is 2.82. The van der Waals surface area contributed by atoms with E-state index in [1.54, 1.807) is 65.5 Å². The van der Waals surface area contributed by atoms with Gasteiger partial charge in [-0.1, -0.05) is 42.5 Å². The van der Waals surface area contributed by atoms with E-state index in [4.69, 9.17) is 3.07 Å². The standard InChI is InChI=1S/C26H11IO5S/c27-32-14-8-5-12(6-9-14)13-7-10-17-18(11-13)22(29)20-19-21(28)15-3-1-2-4-16(15)23(30)25(19)33-26(20)24(17)31/h1-11H. The molecule has 0 aliphatic carbocycles. The Balaban J connectivity index is 1.76. The number of rotatable bonds is 2. The summed E-state index contributed by atoms with van der Waals surface area (Å²) in [5.74, 6) is 0.696. The van der Waals surface area contributed by atoms with Crippen LogP contribution in [0.4, 0.5) is 0 Å². The van der Waals surface area contributed by atoms with Gasteiger partial charge in [0.25, 0.3) is 0 Å². The average Bonchev–Trinajstić information content (AvgIpc) is 3.27. The zero-order valence-corrected chi connectivity index (χ0v) is 19.7. The first-order valence-corrected chi connectivity index (χ1v) is 11.7. The van der Waals surface area contributed by atoms with Crippen molar-refractivity contribution >= 4 is 76.1 Å². The molecule has 7 heteroatoms. The lowest BCUT2D eigenvalue weighted by atomic mass is 9.98. The highest BCUT2D eigenvalue weighted by molar-refractivity contribution is 14.1. The average molecular weight is 562 g/mol. The van der Waals surface area contributed by atoms with Gasteiger partial charge in [0, 0.05) is 21.5 Å². The Hall–Kier alpha value is -3.43. The van der Waals surface area contributed by atoms with Gasteiger partial charge in [-0.2, -0.15) is 0 Å². The molecule has 6 rings (SSSR count). The predicted molar refractivity (Wildman–Crippen MR) is 142 cm³/mol. The molecule has 0 fully saturated rings. The fraction of sp³-hybridized carbons (Fsp3) is 0. The van der Waals surface area contributed by atoms with Gasteiger partial charge in [-0.3, -0.25) is 19.2 Å². The Morgan fingerprint density at radius 3 is 1.70 bits per heavy atom. The molecule has 0 amide bonds. The molecule has 0 saturated carbocycles. The Bertz CT molecular complexity index is 1980. The van der Waals surface area contributed by atoms with Crippen molar-refractivity contribution in [1.82, 2.24) is 0 Å². The highest BCUT2D eigenvalue weighted by atomic mass is 127. The molecular formula is C26H11IO5S. The summed E-state index contributed by atoms with van der Waals surface area (Å²) < 4.78 is 5.48. The maximum absolute atomic E-state index is 13.6. The lowest BCUT2D eigenvalue weighted by Gasteiger charge is -2.05. The highest BCUT2D eigenvalue weighted by Gasteiger charge is 2.22. The summed E-state index contributed by atoms with van der Waals surface area (Å²) in [7, 11) is 0. The number of hydrogen-bond donors (Lipinski definition) is 0. The van der Waals surface area contributed by atoms with Crippen molar-refractivity contribution in [2.24, 2.45) is 0 Å². The van der Waals surface area contributed by atoms with E-state index < -0.39 is 10.9 Å². The molecule has 0 N–H and O–H groups in total. The molecule has 1 heterocycles. The highest BCUT2D eigenvalue weighted by Crippen LogP contribution is 2.30. The van der Waals surface area contributed by atoms with Crippen LogP contribution in [0.15, 0.2) is 85.9 Å². The van der Waals surface area contributed by atoms with Gasteiger partial charge in [-0.15, -0.1) is 11.3 Å². The van der Waals surface area contributed by atoms with Gasteiger partial charge in [0.1, 0.15) is 5.75 Å². The van der Waals surface area contributed by atoms with E-state index in [1.807, 2.05) is 24.3 Å².